The van der Waals surface area contributed by atoms with Gasteiger partial charge >= 0.3 is 5.97 Å². The molecule has 2 aromatic carbocycles. The van der Waals surface area contributed by atoms with Crippen molar-refractivity contribution in [2.75, 3.05) is 17.1 Å². The van der Waals surface area contributed by atoms with Gasteiger partial charge in [-0.1, -0.05) is 31.5 Å². The molecule has 0 spiro atoms. The summed E-state index contributed by atoms with van der Waals surface area (Å²) in [4.78, 5) is 23.5. The topological polar surface area (TPSA) is 113 Å². The summed E-state index contributed by atoms with van der Waals surface area (Å²) in [6.45, 7) is 4.77. The largest absolute Gasteiger partial charge is 0.480 e. The number of nitrogens with one attached hydrogen (secondary N) is 1. The standard InChI is InChI=1S/C21H26N2O6S/c1-14(2)20(24)22-19(21(25)26)13-23(30(4,27)28)16-7-11-18(12-8-16)29-17-9-5-15(3)6-10-17/h5-12,14,19H,13H2,1-4H3,(H,22,24)(H,25,26)/t19-/m0/s1. The van der Waals surface area contributed by atoms with E-state index in [0.717, 1.165) is 16.1 Å². The molecule has 0 aliphatic heterocycles. The number of sulfonamides is 1. The average molecular weight is 435 g/mol. The molecule has 0 radical (unpaired) electrons. The van der Waals surface area contributed by atoms with Crippen LogP contribution in [0.1, 0.15) is 19.4 Å². The summed E-state index contributed by atoms with van der Waals surface area (Å²) in [5.74, 6) is -1.10. The van der Waals surface area contributed by atoms with Gasteiger partial charge in [-0.05, 0) is 43.3 Å². The number of benzene rings is 2. The minimum absolute atomic E-state index is 0.263. The van der Waals surface area contributed by atoms with Gasteiger partial charge in [0.1, 0.15) is 17.5 Å². The number of rotatable bonds is 9. The van der Waals surface area contributed by atoms with Gasteiger partial charge in [0.2, 0.25) is 15.9 Å². The van der Waals surface area contributed by atoms with E-state index in [2.05, 4.69) is 5.32 Å². The Balaban J connectivity index is 2.23. The molecule has 9 heteroatoms. The lowest BCUT2D eigenvalue weighted by Gasteiger charge is -2.26. The van der Waals surface area contributed by atoms with Gasteiger partial charge in [0.25, 0.3) is 0 Å². The van der Waals surface area contributed by atoms with Crippen LogP contribution in [0.4, 0.5) is 5.69 Å². The number of carboxylic acids is 1. The van der Waals surface area contributed by atoms with Crippen LogP contribution in [0.3, 0.4) is 0 Å². The average Bonchev–Trinajstić information content (AvgIpc) is 2.66. The molecule has 8 nitrogen and oxygen atoms in total. The molecule has 1 amide bonds. The third kappa shape index (κ3) is 6.48. The van der Waals surface area contributed by atoms with E-state index in [1.165, 1.54) is 12.1 Å². The Labute approximate surface area is 176 Å². The van der Waals surface area contributed by atoms with E-state index < -0.39 is 40.4 Å². The van der Waals surface area contributed by atoms with Gasteiger partial charge in [0.05, 0.1) is 18.5 Å². The zero-order chi connectivity index (χ0) is 22.5. The fraction of sp³-hybridized carbons (Fsp3) is 0.333. The third-order valence-corrected chi connectivity index (χ3v) is 5.43. The van der Waals surface area contributed by atoms with Crippen molar-refractivity contribution in [3.05, 3.63) is 54.1 Å². The minimum atomic E-state index is -3.80. The van der Waals surface area contributed by atoms with Crippen molar-refractivity contribution >= 4 is 27.6 Å². The maximum absolute atomic E-state index is 12.3. The highest BCUT2D eigenvalue weighted by atomic mass is 32.2. The van der Waals surface area contributed by atoms with Crippen LogP contribution >= 0.6 is 0 Å². The Morgan fingerprint density at radius 2 is 1.53 bits per heavy atom. The second kappa shape index (κ2) is 9.62. The molecule has 0 aromatic heterocycles. The van der Waals surface area contributed by atoms with Gasteiger partial charge in [0, 0.05) is 5.92 Å². The van der Waals surface area contributed by atoms with E-state index in [1.54, 1.807) is 26.0 Å². The fourth-order valence-corrected chi connectivity index (χ4v) is 3.47. The van der Waals surface area contributed by atoms with E-state index in [1.807, 2.05) is 31.2 Å². The lowest BCUT2D eigenvalue weighted by Crippen LogP contribution is -2.50. The monoisotopic (exact) mass is 434 g/mol. The summed E-state index contributed by atoms with van der Waals surface area (Å²) < 4.78 is 31.3. The van der Waals surface area contributed by atoms with Crippen molar-refractivity contribution < 1.29 is 27.9 Å². The number of anilines is 1. The first-order valence-corrected chi connectivity index (χ1v) is 11.2. The minimum Gasteiger partial charge on any atom is -0.480 e. The Kier molecular flexibility index (Phi) is 7.44. The van der Waals surface area contributed by atoms with E-state index in [0.29, 0.717) is 11.5 Å². The number of carboxylic acid groups (broad SMARTS) is 1. The molecule has 0 saturated carbocycles. The first-order chi connectivity index (χ1) is 14.0. The molecule has 30 heavy (non-hydrogen) atoms. The molecular weight excluding hydrogens is 408 g/mol. The normalized spacial score (nSPS) is 12.3. The van der Waals surface area contributed by atoms with Crippen molar-refractivity contribution in [3.8, 4) is 11.5 Å². The molecule has 1 atom stereocenters. The predicted octanol–water partition coefficient (Wildman–Crippen LogP) is 2.78. The number of nitrogens with zero attached hydrogens (tertiary/aromatic N) is 1. The molecule has 0 heterocycles. The van der Waals surface area contributed by atoms with E-state index in [9.17, 15) is 23.1 Å². The predicted molar refractivity (Wildman–Crippen MR) is 114 cm³/mol. The van der Waals surface area contributed by atoms with Crippen LogP contribution in [0.2, 0.25) is 0 Å². The smallest absolute Gasteiger partial charge is 0.328 e. The van der Waals surface area contributed by atoms with E-state index in [-0.39, 0.29) is 5.69 Å². The second-order valence-electron chi connectivity index (χ2n) is 7.26. The molecule has 2 rings (SSSR count). The van der Waals surface area contributed by atoms with Gasteiger partial charge in [-0.25, -0.2) is 13.2 Å². The maximum atomic E-state index is 12.3. The van der Waals surface area contributed by atoms with Gasteiger partial charge < -0.3 is 15.2 Å². The Morgan fingerprint density at radius 1 is 1.03 bits per heavy atom. The zero-order valence-electron chi connectivity index (χ0n) is 17.3. The summed E-state index contributed by atoms with van der Waals surface area (Å²) in [6, 6.07) is 12.3. The zero-order valence-corrected chi connectivity index (χ0v) is 18.1. The summed E-state index contributed by atoms with van der Waals surface area (Å²) in [6.07, 6.45) is 0.979. The van der Waals surface area contributed by atoms with Crippen LogP contribution in [0.25, 0.3) is 0 Å². The molecule has 0 aliphatic rings. The highest BCUT2D eigenvalue weighted by Crippen LogP contribution is 2.26. The van der Waals surface area contributed by atoms with Gasteiger partial charge in [-0.3, -0.25) is 9.10 Å². The van der Waals surface area contributed by atoms with Crippen molar-refractivity contribution in [1.82, 2.24) is 5.32 Å². The van der Waals surface area contributed by atoms with E-state index in [4.69, 9.17) is 4.74 Å². The Bertz CT molecular complexity index is 985. The third-order valence-electron chi connectivity index (χ3n) is 4.27. The number of amides is 1. The molecule has 162 valence electrons. The summed E-state index contributed by atoms with van der Waals surface area (Å²) in [5, 5.41) is 11.8. The number of aliphatic carboxylic acids is 1. The lowest BCUT2D eigenvalue weighted by molar-refractivity contribution is -0.141. The second-order valence-corrected chi connectivity index (χ2v) is 9.16. The molecule has 2 N–H and O–H groups in total. The number of carbonyl (C=O) groups is 2. The Hall–Kier alpha value is -3.07. The quantitative estimate of drug-likeness (QED) is 0.627. The summed E-state index contributed by atoms with van der Waals surface area (Å²) in [7, 11) is -3.80. The number of ether oxygens (including phenoxy) is 1. The van der Waals surface area contributed by atoms with Crippen LogP contribution in [0.15, 0.2) is 48.5 Å². The van der Waals surface area contributed by atoms with Crippen molar-refractivity contribution in [2.24, 2.45) is 5.92 Å². The van der Waals surface area contributed by atoms with Gasteiger partial charge in [-0.15, -0.1) is 0 Å². The molecule has 0 unspecified atom stereocenters. The number of aryl methyl sites for hydroxylation is 1. The maximum Gasteiger partial charge on any atom is 0.328 e. The lowest BCUT2D eigenvalue weighted by atomic mass is 10.2. The molecule has 2 aromatic rings. The summed E-state index contributed by atoms with van der Waals surface area (Å²) in [5.41, 5.74) is 1.36. The SMILES string of the molecule is Cc1ccc(Oc2ccc(N(C[C@H](NC(=O)C(C)C)C(=O)O)S(C)(=O)=O)cc2)cc1. The first-order valence-electron chi connectivity index (χ1n) is 9.33. The van der Waals surface area contributed by atoms with Gasteiger partial charge in [0.15, 0.2) is 0 Å². The molecular formula is C21H26N2O6S. The molecule has 0 saturated heterocycles. The van der Waals surface area contributed by atoms with Crippen molar-refractivity contribution in [2.45, 2.75) is 26.8 Å². The summed E-state index contributed by atoms with van der Waals surface area (Å²) >= 11 is 0. The molecule has 0 aliphatic carbocycles. The highest BCUT2D eigenvalue weighted by molar-refractivity contribution is 7.92. The van der Waals surface area contributed by atoms with Crippen LogP contribution in [0, 0.1) is 12.8 Å². The molecule has 0 bridgehead atoms. The fourth-order valence-electron chi connectivity index (χ4n) is 2.54. The highest BCUT2D eigenvalue weighted by Gasteiger charge is 2.28. The Morgan fingerprint density at radius 3 is 1.97 bits per heavy atom. The first kappa shape index (κ1) is 23.2. The van der Waals surface area contributed by atoms with Gasteiger partial charge in [-0.2, -0.15) is 0 Å². The van der Waals surface area contributed by atoms with Crippen LogP contribution in [-0.4, -0.2) is 44.2 Å². The van der Waals surface area contributed by atoms with Crippen LogP contribution in [-0.2, 0) is 19.6 Å². The molecule has 0 fully saturated rings. The van der Waals surface area contributed by atoms with Crippen LogP contribution in [0.5, 0.6) is 11.5 Å². The number of carbonyl (C=O) groups excluding carboxylic acids is 1. The van der Waals surface area contributed by atoms with Crippen LogP contribution < -0.4 is 14.4 Å². The van der Waals surface area contributed by atoms with Crippen molar-refractivity contribution in [1.29, 1.82) is 0 Å². The number of hydrogen-bond acceptors (Lipinski definition) is 5. The van der Waals surface area contributed by atoms with Crippen molar-refractivity contribution in [3.63, 3.8) is 0 Å². The van der Waals surface area contributed by atoms with E-state index >= 15 is 0 Å². The number of hydrogen-bond donors (Lipinski definition) is 2.